The number of H-pyrrole nitrogens is 1. The molecule has 0 saturated heterocycles. The van der Waals surface area contributed by atoms with Gasteiger partial charge in [0.25, 0.3) is 0 Å². The molecule has 3 rings (SSSR count). The fourth-order valence-electron chi connectivity index (χ4n) is 2.24. The zero-order chi connectivity index (χ0) is 15.7. The van der Waals surface area contributed by atoms with Gasteiger partial charge in [0.2, 0.25) is 0 Å². The summed E-state index contributed by atoms with van der Waals surface area (Å²) in [5.41, 5.74) is 4.12. The molecule has 0 bridgehead atoms. The number of aromatic nitrogens is 4. The van der Waals surface area contributed by atoms with E-state index in [9.17, 15) is 0 Å². The van der Waals surface area contributed by atoms with Crippen molar-refractivity contribution in [1.29, 1.82) is 0 Å². The minimum Gasteiger partial charge on any atom is -0.306 e. The SMILES string of the molecule is c1ccc(CNCc2cc(CNCc3ccccn3)[nH]n2)nc1. The molecule has 3 aromatic rings. The Hall–Kier alpha value is -2.57. The maximum absolute atomic E-state index is 4.31. The van der Waals surface area contributed by atoms with Crippen molar-refractivity contribution in [2.45, 2.75) is 26.2 Å². The molecule has 0 aliphatic carbocycles. The second-order valence-electron chi connectivity index (χ2n) is 5.23. The first-order valence-corrected chi connectivity index (χ1v) is 7.64. The van der Waals surface area contributed by atoms with Gasteiger partial charge in [-0.25, -0.2) is 0 Å². The molecule has 0 spiro atoms. The highest BCUT2D eigenvalue weighted by Crippen LogP contribution is 2.01. The van der Waals surface area contributed by atoms with Crippen molar-refractivity contribution < 1.29 is 0 Å². The Bertz CT molecular complexity index is 635. The molecule has 0 radical (unpaired) electrons. The minimum absolute atomic E-state index is 0.716. The van der Waals surface area contributed by atoms with E-state index in [0.29, 0.717) is 6.54 Å². The van der Waals surface area contributed by atoms with Gasteiger partial charge in [0, 0.05) is 44.3 Å². The standard InChI is InChI=1S/C17H20N6/c1-3-7-20-14(5-1)10-18-12-16-9-17(23-22-16)13-19-11-15-6-2-4-8-21-15/h1-9,18-19H,10-13H2,(H,22,23). The zero-order valence-corrected chi connectivity index (χ0v) is 12.9. The summed E-state index contributed by atoms with van der Waals surface area (Å²) in [5.74, 6) is 0. The molecule has 23 heavy (non-hydrogen) atoms. The van der Waals surface area contributed by atoms with Gasteiger partial charge in [-0.1, -0.05) is 12.1 Å². The summed E-state index contributed by atoms with van der Waals surface area (Å²) in [4.78, 5) is 8.56. The van der Waals surface area contributed by atoms with E-state index in [0.717, 1.165) is 42.4 Å². The van der Waals surface area contributed by atoms with Crippen LogP contribution in [0.25, 0.3) is 0 Å². The molecule has 3 aromatic heterocycles. The van der Waals surface area contributed by atoms with E-state index in [2.05, 4.69) is 36.9 Å². The second-order valence-corrected chi connectivity index (χ2v) is 5.23. The highest BCUT2D eigenvalue weighted by Gasteiger charge is 2.01. The van der Waals surface area contributed by atoms with Gasteiger partial charge in [-0.05, 0) is 30.3 Å². The van der Waals surface area contributed by atoms with Crippen molar-refractivity contribution in [1.82, 2.24) is 30.8 Å². The third kappa shape index (κ3) is 4.98. The lowest BCUT2D eigenvalue weighted by atomic mass is 10.3. The Balaban J connectivity index is 1.39. The average molecular weight is 308 g/mol. The molecule has 0 fully saturated rings. The third-order valence-corrected chi connectivity index (χ3v) is 3.37. The van der Waals surface area contributed by atoms with Gasteiger partial charge in [0.05, 0.1) is 17.1 Å². The van der Waals surface area contributed by atoms with Crippen LogP contribution in [-0.2, 0) is 26.2 Å². The molecule has 118 valence electrons. The highest BCUT2D eigenvalue weighted by atomic mass is 15.1. The van der Waals surface area contributed by atoms with Crippen LogP contribution in [0.2, 0.25) is 0 Å². The van der Waals surface area contributed by atoms with Gasteiger partial charge in [0.15, 0.2) is 0 Å². The van der Waals surface area contributed by atoms with Gasteiger partial charge in [-0.3, -0.25) is 15.1 Å². The van der Waals surface area contributed by atoms with Crippen molar-refractivity contribution in [2.24, 2.45) is 0 Å². The van der Waals surface area contributed by atoms with Gasteiger partial charge in [-0.15, -0.1) is 0 Å². The third-order valence-electron chi connectivity index (χ3n) is 3.37. The Morgan fingerprint density at radius 2 is 1.35 bits per heavy atom. The smallest absolute Gasteiger partial charge is 0.0763 e. The summed E-state index contributed by atoms with van der Waals surface area (Å²) in [6.07, 6.45) is 3.61. The maximum Gasteiger partial charge on any atom is 0.0763 e. The van der Waals surface area contributed by atoms with E-state index in [4.69, 9.17) is 0 Å². The monoisotopic (exact) mass is 308 g/mol. The van der Waals surface area contributed by atoms with Crippen LogP contribution in [0.15, 0.2) is 54.9 Å². The first-order chi connectivity index (χ1) is 11.4. The van der Waals surface area contributed by atoms with Gasteiger partial charge >= 0.3 is 0 Å². The van der Waals surface area contributed by atoms with E-state index < -0.39 is 0 Å². The summed E-state index contributed by atoms with van der Waals surface area (Å²) in [6, 6.07) is 13.9. The second kappa shape index (κ2) is 8.17. The van der Waals surface area contributed by atoms with E-state index in [1.807, 2.05) is 36.4 Å². The average Bonchev–Trinajstić information content (AvgIpc) is 3.05. The van der Waals surface area contributed by atoms with Crippen LogP contribution in [0.3, 0.4) is 0 Å². The van der Waals surface area contributed by atoms with E-state index in [-0.39, 0.29) is 0 Å². The summed E-state index contributed by atoms with van der Waals surface area (Å²) >= 11 is 0. The van der Waals surface area contributed by atoms with Gasteiger partial charge < -0.3 is 10.6 Å². The Morgan fingerprint density at radius 3 is 1.96 bits per heavy atom. The molecule has 0 aromatic carbocycles. The summed E-state index contributed by atoms with van der Waals surface area (Å²) in [6.45, 7) is 2.94. The van der Waals surface area contributed by atoms with Crippen LogP contribution in [0.1, 0.15) is 22.8 Å². The zero-order valence-electron chi connectivity index (χ0n) is 12.9. The van der Waals surface area contributed by atoms with Crippen molar-refractivity contribution in [3.63, 3.8) is 0 Å². The quantitative estimate of drug-likeness (QED) is 0.591. The Labute approximate surface area is 135 Å². The molecule has 0 aliphatic rings. The molecular formula is C17H20N6. The number of aromatic amines is 1. The maximum atomic E-state index is 4.31. The van der Waals surface area contributed by atoms with Crippen LogP contribution in [0.5, 0.6) is 0 Å². The van der Waals surface area contributed by atoms with Crippen molar-refractivity contribution in [3.05, 3.63) is 77.6 Å². The fraction of sp³-hybridized carbons (Fsp3) is 0.235. The number of nitrogens with zero attached hydrogens (tertiary/aromatic N) is 3. The first kappa shape index (κ1) is 15.3. The molecule has 0 atom stereocenters. The van der Waals surface area contributed by atoms with Crippen LogP contribution in [0, 0.1) is 0 Å². The number of hydrogen-bond donors (Lipinski definition) is 3. The molecule has 0 unspecified atom stereocenters. The first-order valence-electron chi connectivity index (χ1n) is 7.64. The molecule has 6 heteroatoms. The van der Waals surface area contributed by atoms with Crippen molar-refractivity contribution in [2.75, 3.05) is 0 Å². The van der Waals surface area contributed by atoms with Crippen molar-refractivity contribution >= 4 is 0 Å². The van der Waals surface area contributed by atoms with Gasteiger partial charge in [0.1, 0.15) is 0 Å². The number of nitrogens with one attached hydrogen (secondary N) is 3. The molecular weight excluding hydrogens is 288 g/mol. The summed E-state index contributed by atoms with van der Waals surface area (Å²) in [7, 11) is 0. The Kier molecular flexibility index (Phi) is 5.44. The minimum atomic E-state index is 0.716. The van der Waals surface area contributed by atoms with Crippen LogP contribution in [-0.4, -0.2) is 20.2 Å². The van der Waals surface area contributed by atoms with E-state index in [1.165, 1.54) is 0 Å². The highest BCUT2D eigenvalue weighted by molar-refractivity contribution is 5.09. The lowest BCUT2D eigenvalue weighted by molar-refractivity contribution is 0.661. The lowest BCUT2D eigenvalue weighted by Gasteiger charge is -2.02. The lowest BCUT2D eigenvalue weighted by Crippen LogP contribution is -2.14. The molecule has 6 nitrogen and oxygen atoms in total. The van der Waals surface area contributed by atoms with Crippen LogP contribution in [0.4, 0.5) is 0 Å². The number of hydrogen-bond acceptors (Lipinski definition) is 5. The topological polar surface area (TPSA) is 78.5 Å². The molecule has 0 amide bonds. The Morgan fingerprint density at radius 1 is 0.739 bits per heavy atom. The summed E-state index contributed by atoms with van der Waals surface area (Å²) in [5, 5.41) is 14.0. The molecule has 3 N–H and O–H groups in total. The summed E-state index contributed by atoms with van der Waals surface area (Å²) < 4.78 is 0. The molecule has 0 saturated carbocycles. The van der Waals surface area contributed by atoms with E-state index in [1.54, 1.807) is 12.4 Å². The normalized spacial score (nSPS) is 10.8. The molecule has 3 heterocycles. The van der Waals surface area contributed by atoms with E-state index >= 15 is 0 Å². The van der Waals surface area contributed by atoms with Crippen molar-refractivity contribution in [3.8, 4) is 0 Å². The van der Waals surface area contributed by atoms with Crippen LogP contribution >= 0.6 is 0 Å². The molecule has 0 aliphatic heterocycles. The predicted molar refractivity (Wildman–Crippen MR) is 88.1 cm³/mol. The van der Waals surface area contributed by atoms with Gasteiger partial charge in [-0.2, -0.15) is 5.10 Å². The number of rotatable bonds is 8. The largest absolute Gasteiger partial charge is 0.306 e. The fourth-order valence-corrected chi connectivity index (χ4v) is 2.24. The predicted octanol–water partition coefficient (Wildman–Crippen LogP) is 1.78. The number of pyridine rings is 2. The van der Waals surface area contributed by atoms with Crippen LogP contribution < -0.4 is 10.6 Å².